The van der Waals surface area contributed by atoms with E-state index in [1.807, 2.05) is 10.9 Å². The number of nitrogens with zero attached hydrogens (tertiary/aromatic N) is 2. The molecule has 1 aliphatic rings. The van der Waals surface area contributed by atoms with Gasteiger partial charge < -0.3 is 10.1 Å². The fourth-order valence-corrected chi connectivity index (χ4v) is 2.20. The molecule has 2 aromatic rings. The lowest BCUT2D eigenvalue weighted by molar-refractivity contribution is 0.472. The van der Waals surface area contributed by atoms with E-state index < -0.39 is 0 Å². The van der Waals surface area contributed by atoms with Crippen LogP contribution >= 0.6 is 0 Å². The minimum absolute atomic E-state index is 0.345. The fraction of sp³-hybridized carbons (Fsp3) is 0.471. The highest BCUT2D eigenvalue weighted by molar-refractivity contribution is 5.39. The molecule has 1 N–H and O–H groups in total. The van der Waals surface area contributed by atoms with Gasteiger partial charge in [-0.25, -0.2) is 0 Å². The molecule has 0 unspecified atom stereocenters. The molecular formula is C17H23N3O. The Balaban J connectivity index is 1.71. The van der Waals surface area contributed by atoms with E-state index in [4.69, 9.17) is 4.74 Å². The summed E-state index contributed by atoms with van der Waals surface area (Å²) in [4.78, 5) is 0. The van der Waals surface area contributed by atoms with E-state index in [0.29, 0.717) is 6.04 Å². The van der Waals surface area contributed by atoms with Gasteiger partial charge in [-0.05, 0) is 50.8 Å². The number of ether oxygens (including phenoxy) is 1. The average molecular weight is 285 g/mol. The lowest BCUT2D eigenvalue weighted by Gasteiger charge is -2.10. The maximum atomic E-state index is 5.99. The molecule has 0 spiro atoms. The van der Waals surface area contributed by atoms with Crippen molar-refractivity contribution in [2.24, 2.45) is 0 Å². The summed E-state index contributed by atoms with van der Waals surface area (Å²) in [6.45, 7) is 7.19. The molecular weight excluding hydrogens is 262 g/mol. The van der Waals surface area contributed by atoms with Gasteiger partial charge >= 0.3 is 0 Å². The average Bonchev–Trinajstić information content (AvgIpc) is 3.17. The number of hydrogen-bond donors (Lipinski definition) is 1. The van der Waals surface area contributed by atoms with Gasteiger partial charge in [-0.2, -0.15) is 5.10 Å². The van der Waals surface area contributed by atoms with Crippen LogP contribution in [0.25, 0.3) is 0 Å². The van der Waals surface area contributed by atoms with Crippen molar-refractivity contribution in [3.63, 3.8) is 0 Å². The second-order valence-corrected chi connectivity index (χ2v) is 6.11. The third kappa shape index (κ3) is 3.64. The molecule has 1 aliphatic carbocycles. The highest BCUT2D eigenvalue weighted by atomic mass is 16.5. The van der Waals surface area contributed by atoms with Gasteiger partial charge in [0.15, 0.2) is 5.75 Å². The van der Waals surface area contributed by atoms with Crippen molar-refractivity contribution in [2.75, 3.05) is 0 Å². The largest absolute Gasteiger partial charge is 0.454 e. The normalized spacial score (nSPS) is 14.7. The topological polar surface area (TPSA) is 39.1 Å². The van der Waals surface area contributed by atoms with Crippen LogP contribution in [0, 0.1) is 6.92 Å². The van der Waals surface area contributed by atoms with Crippen molar-refractivity contribution >= 4 is 0 Å². The summed E-state index contributed by atoms with van der Waals surface area (Å²) in [5.41, 5.74) is 2.40. The van der Waals surface area contributed by atoms with Gasteiger partial charge in [-0.15, -0.1) is 0 Å². The first-order chi connectivity index (χ1) is 10.1. The van der Waals surface area contributed by atoms with Gasteiger partial charge in [0, 0.05) is 18.6 Å². The smallest absolute Gasteiger partial charge is 0.165 e. The van der Waals surface area contributed by atoms with Crippen LogP contribution in [0.3, 0.4) is 0 Å². The van der Waals surface area contributed by atoms with Crippen molar-refractivity contribution in [3.05, 3.63) is 41.7 Å². The molecule has 1 aromatic heterocycles. The van der Waals surface area contributed by atoms with E-state index in [2.05, 4.69) is 49.4 Å². The molecule has 0 aliphatic heterocycles. The van der Waals surface area contributed by atoms with E-state index in [9.17, 15) is 0 Å². The fourth-order valence-electron chi connectivity index (χ4n) is 2.20. The first kappa shape index (κ1) is 14.1. The Morgan fingerprint density at radius 1 is 1.38 bits per heavy atom. The van der Waals surface area contributed by atoms with Crippen LogP contribution in [0.15, 0.2) is 30.6 Å². The molecule has 3 rings (SSSR count). The molecule has 112 valence electrons. The van der Waals surface area contributed by atoms with E-state index in [0.717, 1.165) is 29.6 Å². The summed E-state index contributed by atoms with van der Waals surface area (Å²) < 4.78 is 7.90. The van der Waals surface area contributed by atoms with E-state index >= 15 is 0 Å². The third-order valence-corrected chi connectivity index (χ3v) is 3.76. The van der Waals surface area contributed by atoms with Crippen LogP contribution in [-0.2, 0) is 6.54 Å². The first-order valence-corrected chi connectivity index (χ1v) is 7.67. The van der Waals surface area contributed by atoms with Crippen molar-refractivity contribution in [1.82, 2.24) is 15.1 Å². The Morgan fingerprint density at radius 3 is 2.86 bits per heavy atom. The van der Waals surface area contributed by atoms with E-state index in [1.54, 1.807) is 6.20 Å². The Kier molecular flexibility index (Phi) is 3.97. The van der Waals surface area contributed by atoms with Crippen molar-refractivity contribution < 1.29 is 4.74 Å². The molecule has 21 heavy (non-hydrogen) atoms. The zero-order chi connectivity index (χ0) is 14.8. The molecule has 0 saturated heterocycles. The van der Waals surface area contributed by atoms with Crippen LogP contribution in [0.1, 0.15) is 43.9 Å². The summed E-state index contributed by atoms with van der Waals surface area (Å²) in [5, 5.41) is 7.84. The maximum Gasteiger partial charge on any atom is 0.165 e. The summed E-state index contributed by atoms with van der Waals surface area (Å²) >= 11 is 0. The van der Waals surface area contributed by atoms with Gasteiger partial charge in [0.25, 0.3) is 0 Å². The number of aryl methyl sites for hydroxylation is 1. The number of aromatic nitrogens is 2. The lowest BCUT2D eigenvalue weighted by atomic mass is 10.1. The van der Waals surface area contributed by atoms with Crippen LogP contribution < -0.4 is 10.1 Å². The Morgan fingerprint density at radius 2 is 2.19 bits per heavy atom. The van der Waals surface area contributed by atoms with Crippen molar-refractivity contribution in [3.8, 4) is 11.5 Å². The van der Waals surface area contributed by atoms with E-state index in [1.165, 1.54) is 18.4 Å². The van der Waals surface area contributed by atoms with Gasteiger partial charge in [-0.1, -0.05) is 12.1 Å². The van der Waals surface area contributed by atoms with Gasteiger partial charge in [0.2, 0.25) is 0 Å². The number of nitrogens with one attached hydrogen (secondary N) is 1. The SMILES string of the molecule is Cc1ccc(CNC2CC2)cc1Oc1cnn(C(C)C)c1. The van der Waals surface area contributed by atoms with Gasteiger partial charge in [-0.3, -0.25) is 4.68 Å². The Hall–Kier alpha value is -1.81. The van der Waals surface area contributed by atoms with Gasteiger partial charge in [0.05, 0.1) is 12.4 Å². The predicted molar refractivity (Wildman–Crippen MR) is 83.7 cm³/mol. The summed E-state index contributed by atoms with van der Waals surface area (Å²) in [5.74, 6) is 1.70. The zero-order valence-electron chi connectivity index (χ0n) is 13.0. The monoisotopic (exact) mass is 285 g/mol. The highest BCUT2D eigenvalue weighted by Crippen LogP contribution is 2.27. The number of benzene rings is 1. The Bertz CT molecular complexity index is 614. The molecule has 0 amide bonds. The Labute approximate surface area is 126 Å². The third-order valence-electron chi connectivity index (χ3n) is 3.76. The van der Waals surface area contributed by atoms with E-state index in [-0.39, 0.29) is 0 Å². The molecule has 1 fully saturated rings. The molecule has 0 atom stereocenters. The predicted octanol–water partition coefficient (Wildman–Crippen LogP) is 3.82. The maximum absolute atomic E-state index is 5.99. The van der Waals surface area contributed by atoms with Crippen molar-refractivity contribution in [1.29, 1.82) is 0 Å². The quantitative estimate of drug-likeness (QED) is 0.877. The molecule has 0 bridgehead atoms. The summed E-state index contributed by atoms with van der Waals surface area (Å²) in [6, 6.07) is 7.47. The summed E-state index contributed by atoms with van der Waals surface area (Å²) in [6.07, 6.45) is 6.33. The molecule has 1 saturated carbocycles. The number of rotatable bonds is 6. The van der Waals surface area contributed by atoms with Crippen LogP contribution in [-0.4, -0.2) is 15.8 Å². The minimum atomic E-state index is 0.345. The minimum Gasteiger partial charge on any atom is -0.454 e. The lowest BCUT2D eigenvalue weighted by Crippen LogP contribution is -2.15. The number of hydrogen-bond acceptors (Lipinski definition) is 3. The van der Waals surface area contributed by atoms with Crippen LogP contribution in [0.5, 0.6) is 11.5 Å². The van der Waals surface area contributed by atoms with Crippen molar-refractivity contribution in [2.45, 2.75) is 52.2 Å². The van der Waals surface area contributed by atoms with Crippen LogP contribution in [0.4, 0.5) is 0 Å². The molecule has 0 radical (unpaired) electrons. The highest BCUT2D eigenvalue weighted by Gasteiger charge is 2.20. The van der Waals surface area contributed by atoms with Crippen LogP contribution in [0.2, 0.25) is 0 Å². The second-order valence-electron chi connectivity index (χ2n) is 6.11. The summed E-state index contributed by atoms with van der Waals surface area (Å²) in [7, 11) is 0. The second kappa shape index (κ2) is 5.90. The molecule has 1 aromatic carbocycles. The molecule has 4 heteroatoms. The molecule has 1 heterocycles. The zero-order valence-corrected chi connectivity index (χ0v) is 13.0. The van der Waals surface area contributed by atoms with Gasteiger partial charge in [0.1, 0.15) is 5.75 Å². The molecule has 4 nitrogen and oxygen atoms in total. The first-order valence-electron chi connectivity index (χ1n) is 7.67. The standard InChI is InChI=1S/C17H23N3O/c1-12(2)20-11-16(10-19-20)21-17-8-14(5-4-13(17)3)9-18-15-6-7-15/h4-5,8,10-12,15,18H,6-7,9H2,1-3H3.